The van der Waals surface area contributed by atoms with Crippen molar-refractivity contribution in [2.24, 2.45) is 17.1 Å². The fraction of sp³-hybridized carbons (Fsp3) is 0.857. The summed E-state index contributed by atoms with van der Waals surface area (Å²) in [6.45, 7) is 8.04. The van der Waals surface area contributed by atoms with Crippen molar-refractivity contribution in [1.82, 2.24) is 10.2 Å². The van der Waals surface area contributed by atoms with Crippen molar-refractivity contribution in [3.05, 3.63) is 0 Å². The summed E-state index contributed by atoms with van der Waals surface area (Å²) in [4.78, 5) is 25.4. The predicted molar refractivity (Wildman–Crippen MR) is 82.6 cm³/mol. The van der Waals surface area contributed by atoms with Gasteiger partial charge in [-0.2, -0.15) is 0 Å². The van der Waals surface area contributed by atoms with Crippen LogP contribution in [-0.4, -0.2) is 42.4 Å². The molecule has 6 heteroatoms. The fourth-order valence-corrected chi connectivity index (χ4v) is 2.01. The lowest BCUT2D eigenvalue weighted by molar-refractivity contribution is -0.134. The molecule has 0 aromatic carbocycles. The molecule has 0 bridgehead atoms. The average molecular weight is 306 g/mol. The van der Waals surface area contributed by atoms with Crippen LogP contribution in [-0.2, 0) is 9.59 Å². The Bertz CT molecular complexity index is 356. The third-order valence-corrected chi connectivity index (χ3v) is 4.46. The lowest BCUT2D eigenvalue weighted by atomic mass is 9.99. The first kappa shape index (κ1) is 19.2. The van der Waals surface area contributed by atoms with Crippen LogP contribution < -0.4 is 11.1 Å². The molecule has 1 rings (SSSR count). The zero-order chi connectivity index (χ0) is 14.8. The summed E-state index contributed by atoms with van der Waals surface area (Å²) in [6, 6.07) is -0.354. The lowest BCUT2D eigenvalue weighted by Gasteiger charge is -2.30. The van der Waals surface area contributed by atoms with Gasteiger partial charge in [0, 0.05) is 13.1 Å². The molecule has 0 heterocycles. The van der Waals surface area contributed by atoms with Crippen molar-refractivity contribution in [3.8, 4) is 0 Å². The number of nitrogens with zero attached hydrogens (tertiary/aromatic N) is 1. The van der Waals surface area contributed by atoms with Gasteiger partial charge in [-0.3, -0.25) is 9.59 Å². The molecule has 1 unspecified atom stereocenters. The van der Waals surface area contributed by atoms with E-state index in [1.807, 2.05) is 13.8 Å². The van der Waals surface area contributed by atoms with E-state index in [9.17, 15) is 9.59 Å². The third-order valence-electron chi connectivity index (χ3n) is 4.46. The summed E-state index contributed by atoms with van der Waals surface area (Å²) < 4.78 is 0. The molecule has 0 aromatic rings. The van der Waals surface area contributed by atoms with Gasteiger partial charge in [-0.25, -0.2) is 0 Å². The number of hydrogen-bond donors (Lipinski definition) is 2. The Hall–Kier alpha value is -0.810. The number of rotatable bonds is 6. The van der Waals surface area contributed by atoms with Crippen molar-refractivity contribution >= 4 is 24.2 Å². The van der Waals surface area contributed by atoms with Crippen LogP contribution in [0.25, 0.3) is 0 Å². The van der Waals surface area contributed by atoms with Gasteiger partial charge in [-0.1, -0.05) is 20.8 Å². The third kappa shape index (κ3) is 4.63. The van der Waals surface area contributed by atoms with E-state index in [4.69, 9.17) is 5.73 Å². The fourth-order valence-electron chi connectivity index (χ4n) is 2.01. The largest absolute Gasteiger partial charge is 0.346 e. The van der Waals surface area contributed by atoms with Crippen LogP contribution in [0.15, 0.2) is 0 Å². The van der Waals surface area contributed by atoms with Gasteiger partial charge in [-0.15, -0.1) is 12.4 Å². The van der Waals surface area contributed by atoms with Gasteiger partial charge in [-0.05, 0) is 31.1 Å². The SMILES string of the molecule is CC(C)[C@H](N)C(=O)NCC(=O)N(C)C(C)C1(C)CC1.Cl. The highest BCUT2D eigenvalue weighted by Crippen LogP contribution is 2.49. The normalized spacial score (nSPS) is 18.8. The van der Waals surface area contributed by atoms with E-state index >= 15 is 0 Å². The van der Waals surface area contributed by atoms with E-state index < -0.39 is 6.04 Å². The summed E-state index contributed by atoms with van der Waals surface area (Å²) in [7, 11) is 1.80. The topological polar surface area (TPSA) is 75.4 Å². The second-order valence-electron chi connectivity index (χ2n) is 6.32. The van der Waals surface area contributed by atoms with Gasteiger partial charge in [0.15, 0.2) is 0 Å². The van der Waals surface area contributed by atoms with Crippen molar-refractivity contribution in [1.29, 1.82) is 0 Å². The molecule has 1 fully saturated rings. The molecule has 3 N–H and O–H groups in total. The molecule has 0 saturated heterocycles. The Balaban J connectivity index is 0.00000361. The number of likely N-dealkylation sites (N-methyl/N-ethyl adjacent to an activating group) is 1. The molecule has 20 heavy (non-hydrogen) atoms. The van der Waals surface area contributed by atoms with Crippen LogP contribution in [0.3, 0.4) is 0 Å². The van der Waals surface area contributed by atoms with E-state index in [2.05, 4.69) is 19.2 Å². The molecule has 0 aromatic heterocycles. The van der Waals surface area contributed by atoms with Gasteiger partial charge in [0.1, 0.15) is 0 Å². The Morgan fingerprint density at radius 3 is 2.20 bits per heavy atom. The van der Waals surface area contributed by atoms with E-state index in [1.54, 1.807) is 11.9 Å². The quantitative estimate of drug-likeness (QED) is 0.773. The minimum atomic E-state index is -0.559. The highest BCUT2D eigenvalue weighted by Gasteiger charge is 2.45. The lowest BCUT2D eigenvalue weighted by Crippen LogP contribution is -2.49. The van der Waals surface area contributed by atoms with Crippen molar-refractivity contribution < 1.29 is 9.59 Å². The standard InChI is InChI=1S/C14H27N3O2.ClH/c1-9(2)12(15)13(19)16-8-11(18)17(5)10(3)14(4)6-7-14;/h9-10,12H,6-8,15H2,1-5H3,(H,16,19);1H/t10?,12-;/m0./s1. The highest BCUT2D eigenvalue weighted by atomic mass is 35.5. The maximum Gasteiger partial charge on any atom is 0.241 e. The maximum atomic E-state index is 12.0. The molecule has 118 valence electrons. The average Bonchev–Trinajstić information content (AvgIpc) is 3.11. The highest BCUT2D eigenvalue weighted by molar-refractivity contribution is 5.87. The molecule has 1 aliphatic carbocycles. The first-order valence-corrected chi connectivity index (χ1v) is 6.98. The Morgan fingerprint density at radius 1 is 1.30 bits per heavy atom. The molecule has 2 atom stereocenters. The van der Waals surface area contributed by atoms with Gasteiger partial charge >= 0.3 is 0 Å². The summed E-state index contributed by atoms with van der Waals surface area (Å²) in [5.41, 5.74) is 5.98. The number of halogens is 1. The number of carbonyl (C=O) groups is 2. The summed E-state index contributed by atoms with van der Waals surface area (Å²) in [5, 5.41) is 2.62. The summed E-state index contributed by atoms with van der Waals surface area (Å²) in [5.74, 6) is -0.260. The zero-order valence-corrected chi connectivity index (χ0v) is 13.9. The van der Waals surface area contributed by atoms with Crippen LogP contribution in [0, 0.1) is 11.3 Å². The van der Waals surface area contributed by atoms with Gasteiger partial charge in [0.05, 0.1) is 12.6 Å². The molecule has 2 amide bonds. The second-order valence-corrected chi connectivity index (χ2v) is 6.32. The van der Waals surface area contributed by atoms with Crippen LogP contribution in [0.4, 0.5) is 0 Å². The monoisotopic (exact) mass is 305 g/mol. The molecule has 0 spiro atoms. The predicted octanol–water partition coefficient (Wildman–Crippen LogP) is 1.15. The number of nitrogens with one attached hydrogen (secondary N) is 1. The van der Waals surface area contributed by atoms with Gasteiger partial charge in [0.25, 0.3) is 0 Å². The molecule has 1 saturated carbocycles. The van der Waals surface area contributed by atoms with Crippen molar-refractivity contribution in [2.45, 2.75) is 52.6 Å². The van der Waals surface area contributed by atoms with Crippen molar-refractivity contribution in [2.75, 3.05) is 13.6 Å². The smallest absolute Gasteiger partial charge is 0.241 e. The van der Waals surface area contributed by atoms with Crippen LogP contribution in [0.1, 0.15) is 40.5 Å². The Morgan fingerprint density at radius 2 is 1.80 bits per heavy atom. The number of hydrogen-bond acceptors (Lipinski definition) is 3. The maximum absolute atomic E-state index is 12.0. The molecule has 0 aliphatic heterocycles. The van der Waals surface area contributed by atoms with E-state index in [1.165, 1.54) is 0 Å². The Kier molecular flexibility index (Phi) is 6.98. The first-order valence-electron chi connectivity index (χ1n) is 6.98. The van der Waals surface area contributed by atoms with Crippen LogP contribution in [0.2, 0.25) is 0 Å². The Labute approximate surface area is 128 Å². The summed E-state index contributed by atoms with van der Waals surface area (Å²) in [6.07, 6.45) is 2.33. The van der Waals surface area contributed by atoms with E-state index in [0.29, 0.717) is 0 Å². The summed E-state index contributed by atoms with van der Waals surface area (Å²) >= 11 is 0. The van der Waals surface area contributed by atoms with E-state index in [-0.39, 0.29) is 48.1 Å². The van der Waals surface area contributed by atoms with E-state index in [0.717, 1.165) is 12.8 Å². The van der Waals surface area contributed by atoms with Crippen molar-refractivity contribution in [3.63, 3.8) is 0 Å². The first-order chi connectivity index (χ1) is 8.69. The van der Waals surface area contributed by atoms with Gasteiger partial charge in [0.2, 0.25) is 11.8 Å². The minimum absolute atomic E-state index is 0. The number of carbonyl (C=O) groups excluding carboxylic acids is 2. The molecule has 5 nitrogen and oxygen atoms in total. The second kappa shape index (κ2) is 7.27. The molecule has 1 aliphatic rings. The number of nitrogens with two attached hydrogens (primary N) is 1. The number of amides is 2. The minimum Gasteiger partial charge on any atom is -0.346 e. The van der Waals surface area contributed by atoms with Gasteiger partial charge < -0.3 is 16.0 Å². The molecule has 0 radical (unpaired) electrons. The molecular formula is C14H28ClN3O2. The molecular weight excluding hydrogens is 278 g/mol. The zero-order valence-electron chi connectivity index (χ0n) is 13.1. The van der Waals surface area contributed by atoms with Crippen LogP contribution in [0.5, 0.6) is 0 Å². The van der Waals surface area contributed by atoms with Crippen LogP contribution >= 0.6 is 12.4 Å².